The van der Waals surface area contributed by atoms with E-state index in [-0.39, 0.29) is 5.91 Å². The van der Waals surface area contributed by atoms with Gasteiger partial charge in [-0.05, 0) is 42.5 Å². The molecule has 0 unspecified atom stereocenters. The van der Waals surface area contributed by atoms with E-state index in [9.17, 15) is 4.79 Å². The molecule has 3 rings (SSSR count). The number of benzene rings is 2. The first-order valence-electron chi connectivity index (χ1n) is 7.57. The normalized spacial score (nSPS) is 15.2. The summed E-state index contributed by atoms with van der Waals surface area (Å²) in [6, 6.07) is 13.3. The van der Waals surface area contributed by atoms with E-state index >= 15 is 0 Å². The molecular weight excluding hydrogens is 502 g/mol. The van der Waals surface area contributed by atoms with Crippen LogP contribution in [0.5, 0.6) is 11.5 Å². The molecule has 4 nitrogen and oxygen atoms in total. The number of amides is 1. The zero-order valence-electron chi connectivity index (χ0n) is 13.3. The van der Waals surface area contributed by atoms with Crippen LogP contribution in [-0.4, -0.2) is 23.4 Å². The molecule has 1 amide bonds. The number of rotatable bonds is 6. The number of halogens is 2. The maximum absolute atomic E-state index is 11.9. The first-order valence-corrected chi connectivity index (χ1v) is 10.4. The monoisotopic (exact) mass is 513 g/mol. The first-order chi connectivity index (χ1) is 12.5. The second-order valence-corrected chi connectivity index (χ2v) is 8.74. The topological polar surface area (TPSA) is 47.6 Å². The molecule has 26 heavy (non-hydrogen) atoms. The van der Waals surface area contributed by atoms with Gasteiger partial charge in [-0.2, -0.15) is 0 Å². The Bertz CT molecular complexity index is 886. The Morgan fingerprint density at radius 2 is 1.85 bits per heavy atom. The Morgan fingerprint density at radius 1 is 1.08 bits per heavy atom. The Hall–Kier alpha value is -1.35. The van der Waals surface area contributed by atoms with Crippen molar-refractivity contribution >= 4 is 72.1 Å². The molecule has 1 aliphatic heterocycles. The van der Waals surface area contributed by atoms with Crippen LogP contribution in [0.15, 0.2) is 56.3 Å². The molecule has 2 aromatic rings. The van der Waals surface area contributed by atoms with Crippen LogP contribution in [0.3, 0.4) is 0 Å². The summed E-state index contributed by atoms with van der Waals surface area (Å²) < 4.78 is 13.8. The molecule has 0 saturated carbocycles. The van der Waals surface area contributed by atoms with Crippen molar-refractivity contribution < 1.29 is 14.3 Å². The van der Waals surface area contributed by atoms with Gasteiger partial charge in [0.05, 0.1) is 4.91 Å². The molecule has 0 bridgehead atoms. The molecule has 0 atom stereocenters. The van der Waals surface area contributed by atoms with E-state index in [4.69, 9.17) is 21.7 Å². The summed E-state index contributed by atoms with van der Waals surface area (Å²) in [6.45, 7) is 0.782. The fraction of sp³-hybridized carbons (Fsp3) is 0.111. The molecule has 1 fully saturated rings. The zero-order valence-corrected chi connectivity index (χ0v) is 18.1. The molecule has 1 N–H and O–H groups in total. The van der Waals surface area contributed by atoms with Crippen LogP contribution in [0, 0.1) is 0 Å². The van der Waals surface area contributed by atoms with Crippen molar-refractivity contribution in [2.75, 3.05) is 13.2 Å². The fourth-order valence-electron chi connectivity index (χ4n) is 2.19. The summed E-state index contributed by atoms with van der Waals surface area (Å²) >= 11 is 13.1. The third-order valence-corrected chi connectivity index (χ3v) is 5.46. The van der Waals surface area contributed by atoms with Gasteiger partial charge in [0.15, 0.2) is 0 Å². The zero-order chi connectivity index (χ0) is 18.5. The Kier molecular flexibility index (Phi) is 6.74. The lowest BCUT2D eigenvalue weighted by atomic mass is 10.2. The third-order valence-electron chi connectivity index (χ3n) is 3.31. The van der Waals surface area contributed by atoms with E-state index in [0.717, 1.165) is 20.3 Å². The van der Waals surface area contributed by atoms with Crippen molar-refractivity contribution in [3.05, 3.63) is 61.9 Å². The Labute approximate surface area is 177 Å². The number of carbonyl (C=O) groups is 1. The summed E-state index contributed by atoms with van der Waals surface area (Å²) in [5, 5.41) is 2.61. The predicted molar refractivity (Wildman–Crippen MR) is 116 cm³/mol. The predicted octanol–water partition coefficient (Wildman–Crippen LogP) is 5.16. The Morgan fingerprint density at radius 3 is 2.58 bits per heavy atom. The average molecular weight is 515 g/mol. The molecule has 0 aliphatic carbocycles. The lowest BCUT2D eigenvalue weighted by Crippen LogP contribution is -2.17. The summed E-state index contributed by atoms with van der Waals surface area (Å²) in [5.74, 6) is 1.25. The molecule has 0 radical (unpaired) electrons. The number of thiocarbonyl (C=S) groups is 1. The van der Waals surface area contributed by atoms with Crippen molar-refractivity contribution in [1.82, 2.24) is 5.32 Å². The highest BCUT2D eigenvalue weighted by Gasteiger charge is 2.22. The minimum absolute atomic E-state index is 0.191. The minimum atomic E-state index is -0.191. The summed E-state index contributed by atoms with van der Waals surface area (Å²) in [4.78, 5) is 12.4. The first kappa shape index (κ1) is 19.4. The molecule has 1 saturated heterocycles. The van der Waals surface area contributed by atoms with E-state index in [1.54, 1.807) is 6.08 Å². The quantitative estimate of drug-likeness (QED) is 0.328. The van der Waals surface area contributed by atoms with Crippen LogP contribution in [0.4, 0.5) is 0 Å². The molecule has 2 aromatic carbocycles. The van der Waals surface area contributed by atoms with E-state index < -0.39 is 0 Å². The highest BCUT2D eigenvalue weighted by molar-refractivity contribution is 9.10. The van der Waals surface area contributed by atoms with Crippen molar-refractivity contribution in [3.63, 3.8) is 0 Å². The summed E-state index contributed by atoms with van der Waals surface area (Å²) in [7, 11) is 0. The van der Waals surface area contributed by atoms with Crippen LogP contribution in [-0.2, 0) is 4.79 Å². The van der Waals surface area contributed by atoms with Gasteiger partial charge in [0.2, 0.25) is 0 Å². The SMILES string of the molecule is O=C1NC(=S)SC1=Cc1cc(Br)ccc1OCCOc1cccc(Br)c1. The van der Waals surface area contributed by atoms with Gasteiger partial charge in [0.25, 0.3) is 5.91 Å². The lowest BCUT2D eigenvalue weighted by molar-refractivity contribution is -0.115. The summed E-state index contributed by atoms with van der Waals surface area (Å²) in [6.07, 6.45) is 1.77. The van der Waals surface area contributed by atoms with Gasteiger partial charge in [-0.3, -0.25) is 4.79 Å². The van der Waals surface area contributed by atoms with Crippen molar-refractivity contribution in [3.8, 4) is 11.5 Å². The van der Waals surface area contributed by atoms with Gasteiger partial charge in [-0.15, -0.1) is 0 Å². The second-order valence-electron chi connectivity index (χ2n) is 5.19. The van der Waals surface area contributed by atoms with Gasteiger partial charge >= 0.3 is 0 Å². The molecule has 0 aromatic heterocycles. The van der Waals surface area contributed by atoms with Gasteiger partial charge in [-0.1, -0.05) is 61.9 Å². The number of thioether (sulfide) groups is 1. The number of hydrogen-bond acceptors (Lipinski definition) is 5. The molecular formula is C18H13Br2NO3S2. The van der Waals surface area contributed by atoms with E-state index in [0.29, 0.717) is 28.2 Å². The van der Waals surface area contributed by atoms with Crippen molar-refractivity contribution in [2.45, 2.75) is 0 Å². The maximum Gasteiger partial charge on any atom is 0.263 e. The average Bonchev–Trinajstić information content (AvgIpc) is 2.90. The van der Waals surface area contributed by atoms with Gasteiger partial charge in [0, 0.05) is 14.5 Å². The van der Waals surface area contributed by atoms with E-state index in [2.05, 4.69) is 37.2 Å². The standard InChI is InChI=1S/C18H13Br2NO3S2/c19-12-2-1-3-14(10-12)23-6-7-24-15-5-4-13(20)8-11(15)9-16-17(22)21-18(25)26-16/h1-5,8-10H,6-7H2,(H,21,22,25). The highest BCUT2D eigenvalue weighted by Crippen LogP contribution is 2.31. The van der Waals surface area contributed by atoms with E-state index in [1.165, 1.54) is 11.8 Å². The summed E-state index contributed by atoms with van der Waals surface area (Å²) in [5.41, 5.74) is 0.796. The van der Waals surface area contributed by atoms with Gasteiger partial charge in [0.1, 0.15) is 29.0 Å². The number of hydrogen-bond donors (Lipinski definition) is 1. The van der Waals surface area contributed by atoms with Crippen LogP contribution >= 0.6 is 55.8 Å². The number of nitrogens with one attached hydrogen (secondary N) is 1. The minimum Gasteiger partial charge on any atom is -0.490 e. The third kappa shape index (κ3) is 5.33. The van der Waals surface area contributed by atoms with Crippen molar-refractivity contribution in [1.29, 1.82) is 0 Å². The fourth-order valence-corrected chi connectivity index (χ4v) is 3.99. The molecule has 1 heterocycles. The maximum atomic E-state index is 11.9. The molecule has 0 spiro atoms. The lowest BCUT2D eigenvalue weighted by Gasteiger charge is -2.11. The van der Waals surface area contributed by atoms with Gasteiger partial charge in [-0.25, -0.2) is 0 Å². The molecule has 8 heteroatoms. The Balaban J connectivity index is 1.65. The highest BCUT2D eigenvalue weighted by atomic mass is 79.9. The van der Waals surface area contributed by atoms with Gasteiger partial charge < -0.3 is 14.8 Å². The smallest absolute Gasteiger partial charge is 0.263 e. The van der Waals surface area contributed by atoms with Crippen LogP contribution in [0.1, 0.15) is 5.56 Å². The number of ether oxygens (including phenoxy) is 2. The van der Waals surface area contributed by atoms with Crippen LogP contribution in [0.2, 0.25) is 0 Å². The van der Waals surface area contributed by atoms with Crippen LogP contribution in [0.25, 0.3) is 6.08 Å². The second kappa shape index (κ2) is 9.03. The molecule has 134 valence electrons. The largest absolute Gasteiger partial charge is 0.490 e. The van der Waals surface area contributed by atoms with Crippen LogP contribution < -0.4 is 14.8 Å². The van der Waals surface area contributed by atoms with E-state index in [1.807, 2.05) is 42.5 Å². The molecule has 1 aliphatic rings. The van der Waals surface area contributed by atoms with Crippen molar-refractivity contribution in [2.24, 2.45) is 0 Å². The number of carbonyl (C=O) groups excluding carboxylic acids is 1.